The molecule has 1 N–H and O–H groups in total. The maximum atomic E-state index is 12.5. The number of aliphatic hydroxyl groups excluding tert-OH is 1. The van der Waals surface area contributed by atoms with Crippen LogP contribution in [0.15, 0.2) is 41.4 Å². The molecule has 0 amide bonds. The molecule has 124 valence electrons. The van der Waals surface area contributed by atoms with E-state index in [1.807, 2.05) is 4.90 Å². The lowest BCUT2D eigenvalue weighted by molar-refractivity contribution is -0.137. The summed E-state index contributed by atoms with van der Waals surface area (Å²) in [6.07, 6.45) is -2.70. The fraction of sp³-hybridized carbons (Fsp3) is 0.333. The molecular formula is C15H16F3N3O2. The first-order valence-corrected chi connectivity index (χ1v) is 6.88. The van der Waals surface area contributed by atoms with Crippen molar-refractivity contribution in [3.05, 3.63) is 48.4 Å². The first-order valence-electron chi connectivity index (χ1n) is 6.88. The van der Waals surface area contributed by atoms with Crippen molar-refractivity contribution in [3.8, 4) is 11.4 Å². The molecule has 5 nitrogen and oxygen atoms in total. The van der Waals surface area contributed by atoms with Gasteiger partial charge in [-0.2, -0.15) is 18.2 Å². The topological polar surface area (TPSA) is 62.4 Å². The zero-order valence-corrected chi connectivity index (χ0v) is 12.3. The summed E-state index contributed by atoms with van der Waals surface area (Å²) >= 11 is 0. The number of hydrogen-bond donors (Lipinski definition) is 1. The zero-order valence-electron chi connectivity index (χ0n) is 12.3. The molecule has 2 rings (SSSR count). The number of nitrogens with zero attached hydrogens (tertiary/aromatic N) is 3. The Morgan fingerprint density at radius 2 is 1.96 bits per heavy atom. The molecule has 0 saturated carbocycles. The second-order valence-electron chi connectivity index (χ2n) is 4.83. The normalized spacial score (nSPS) is 11.9. The summed E-state index contributed by atoms with van der Waals surface area (Å²) < 4.78 is 42.7. The van der Waals surface area contributed by atoms with Crippen LogP contribution in [0, 0.1) is 0 Å². The summed E-state index contributed by atoms with van der Waals surface area (Å²) in [5, 5.41) is 12.8. The smallest absolute Gasteiger partial charge is 0.395 e. The van der Waals surface area contributed by atoms with Gasteiger partial charge >= 0.3 is 6.18 Å². The van der Waals surface area contributed by atoms with Gasteiger partial charge in [-0.3, -0.25) is 4.90 Å². The van der Waals surface area contributed by atoms with E-state index in [9.17, 15) is 13.2 Å². The Morgan fingerprint density at radius 1 is 1.26 bits per heavy atom. The van der Waals surface area contributed by atoms with Crippen molar-refractivity contribution in [2.75, 3.05) is 19.7 Å². The highest BCUT2D eigenvalue weighted by Crippen LogP contribution is 2.30. The Kier molecular flexibility index (Phi) is 5.51. The van der Waals surface area contributed by atoms with E-state index >= 15 is 0 Å². The first-order chi connectivity index (χ1) is 10.9. The highest BCUT2D eigenvalue weighted by molar-refractivity contribution is 5.54. The van der Waals surface area contributed by atoms with Crippen molar-refractivity contribution in [3.63, 3.8) is 0 Å². The number of halogens is 3. The summed E-state index contributed by atoms with van der Waals surface area (Å²) in [4.78, 5) is 6.00. The van der Waals surface area contributed by atoms with Gasteiger partial charge in [-0.05, 0) is 12.1 Å². The quantitative estimate of drug-likeness (QED) is 0.792. The molecule has 0 fully saturated rings. The van der Waals surface area contributed by atoms with E-state index < -0.39 is 11.7 Å². The number of hydrogen-bond acceptors (Lipinski definition) is 5. The summed E-state index contributed by atoms with van der Waals surface area (Å²) in [6.45, 7) is 4.88. The average molecular weight is 327 g/mol. The maximum absolute atomic E-state index is 12.5. The first kappa shape index (κ1) is 17.2. The van der Waals surface area contributed by atoms with Gasteiger partial charge in [0.25, 0.3) is 0 Å². The molecule has 0 bridgehead atoms. The molecule has 0 saturated heterocycles. The van der Waals surface area contributed by atoms with Gasteiger partial charge in [0.2, 0.25) is 11.7 Å². The minimum atomic E-state index is -4.38. The van der Waals surface area contributed by atoms with E-state index in [4.69, 9.17) is 9.63 Å². The largest absolute Gasteiger partial charge is 0.416 e. The van der Waals surface area contributed by atoms with Crippen LogP contribution >= 0.6 is 0 Å². The van der Waals surface area contributed by atoms with Crippen LogP contribution in [-0.4, -0.2) is 39.8 Å². The van der Waals surface area contributed by atoms with Gasteiger partial charge in [0.1, 0.15) is 0 Å². The second-order valence-corrected chi connectivity index (χ2v) is 4.83. The van der Waals surface area contributed by atoms with Crippen LogP contribution in [0.3, 0.4) is 0 Å². The van der Waals surface area contributed by atoms with E-state index in [2.05, 4.69) is 16.7 Å². The SMILES string of the molecule is C=CCN(CCO)Cc1nc(-c2ccc(C(F)(F)F)cc2)no1. The predicted octanol–water partition coefficient (Wildman–Crippen LogP) is 2.74. The van der Waals surface area contributed by atoms with Crippen molar-refractivity contribution >= 4 is 0 Å². The van der Waals surface area contributed by atoms with Crippen LogP contribution in [0.2, 0.25) is 0 Å². The third-order valence-corrected chi connectivity index (χ3v) is 3.10. The van der Waals surface area contributed by atoms with E-state index in [-0.39, 0.29) is 12.4 Å². The van der Waals surface area contributed by atoms with Crippen LogP contribution in [0.5, 0.6) is 0 Å². The average Bonchev–Trinajstić information content (AvgIpc) is 2.95. The molecular weight excluding hydrogens is 311 g/mol. The number of rotatable bonds is 7. The molecule has 0 atom stereocenters. The minimum absolute atomic E-state index is 0.0201. The van der Waals surface area contributed by atoms with Gasteiger partial charge in [-0.1, -0.05) is 23.4 Å². The molecule has 0 spiro atoms. The molecule has 0 aliphatic heterocycles. The lowest BCUT2D eigenvalue weighted by atomic mass is 10.1. The fourth-order valence-corrected chi connectivity index (χ4v) is 1.99. The molecule has 0 unspecified atom stereocenters. The summed E-state index contributed by atoms with van der Waals surface area (Å²) in [5.74, 6) is 0.534. The Hall–Kier alpha value is -2.19. The Balaban J connectivity index is 2.10. The number of alkyl halides is 3. The van der Waals surface area contributed by atoms with Crippen LogP contribution in [0.25, 0.3) is 11.4 Å². The minimum Gasteiger partial charge on any atom is -0.395 e. The number of aliphatic hydroxyl groups is 1. The lowest BCUT2D eigenvalue weighted by Crippen LogP contribution is -2.26. The molecule has 1 aromatic carbocycles. The van der Waals surface area contributed by atoms with E-state index in [0.29, 0.717) is 31.1 Å². The molecule has 0 aliphatic rings. The third-order valence-electron chi connectivity index (χ3n) is 3.10. The number of aromatic nitrogens is 2. The molecule has 0 aliphatic carbocycles. The monoisotopic (exact) mass is 327 g/mol. The summed E-state index contributed by atoms with van der Waals surface area (Å²) in [7, 11) is 0. The maximum Gasteiger partial charge on any atom is 0.416 e. The Labute approximate surface area is 131 Å². The van der Waals surface area contributed by atoms with Crippen LogP contribution < -0.4 is 0 Å². The van der Waals surface area contributed by atoms with Crippen molar-refractivity contribution in [2.45, 2.75) is 12.7 Å². The molecule has 2 aromatic rings. The van der Waals surface area contributed by atoms with Gasteiger partial charge in [-0.25, -0.2) is 0 Å². The third kappa shape index (κ3) is 4.64. The van der Waals surface area contributed by atoms with Gasteiger partial charge < -0.3 is 9.63 Å². The molecule has 0 radical (unpaired) electrons. The standard InChI is InChI=1S/C15H16F3N3O2/c1-2-7-21(8-9-22)10-13-19-14(20-23-13)11-3-5-12(6-4-11)15(16,17)18/h2-6,22H,1,7-10H2. The van der Waals surface area contributed by atoms with Gasteiger partial charge in [-0.15, -0.1) is 6.58 Å². The van der Waals surface area contributed by atoms with Crippen molar-refractivity contribution < 1.29 is 22.8 Å². The van der Waals surface area contributed by atoms with Crippen LogP contribution in [0.4, 0.5) is 13.2 Å². The van der Waals surface area contributed by atoms with Crippen molar-refractivity contribution in [1.82, 2.24) is 15.0 Å². The van der Waals surface area contributed by atoms with E-state index in [1.54, 1.807) is 6.08 Å². The van der Waals surface area contributed by atoms with E-state index in [0.717, 1.165) is 12.1 Å². The predicted molar refractivity (Wildman–Crippen MR) is 77.3 cm³/mol. The molecule has 1 heterocycles. The van der Waals surface area contributed by atoms with Crippen LogP contribution in [0.1, 0.15) is 11.5 Å². The zero-order chi connectivity index (χ0) is 16.9. The fourth-order valence-electron chi connectivity index (χ4n) is 1.99. The van der Waals surface area contributed by atoms with Gasteiger partial charge in [0.15, 0.2) is 0 Å². The molecule has 8 heteroatoms. The Bertz CT molecular complexity index is 638. The molecule has 1 aromatic heterocycles. The van der Waals surface area contributed by atoms with Crippen molar-refractivity contribution in [1.29, 1.82) is 0 Å². The highest BCUT2D eigenvalue weighted by atomic mass is 19.4. The summed E-state index contributed by atoms with van der Waals surface area (Å²) in [6, 6.07) is 4.54. The van der Waals surface area contributed by atoms with Gasteiger partial charge in [0, 0.05) is 18.7 Å². The second kappa shape index (κ2) is 7.38. The highest BCUT2D eigenvalue weighted by Gasteiger charge is 2.30. The van der Waals surface area contributed by atoms with Crippen LogP contribution in [-0.2, 0) is 12.7 Å². The molecule has 23 heavy (non-hydrogen) atoms. The summed E-state index contributed by atoms with van der Waals surface area (Å²) in [5.41, 5.74) is -0.296. The Morgan fingerprint density at radius 3 is 2.52 bits per heavy atom. The number of benzene rings is 1. The van der Waals surface area contributed by atoms with E-state index in [1.165, 1.54) is 12.1 Å². The van der Waals surface area contributed by atoms with Gasteiger partial charge in [0.05, 0.1) is 18.7 Å². The van der Waals surface area contributed by atoms with Crippen molar-refractivity contribution in [2.24, 2.45) is 0 Å². The lowest BCUT2D eigenvalue weighted by Gasteiger charge is -2.16.